The Labute approximate surface area is 223 Å². The average Bonchev–Trinajstić information content (AvgIpc) is 3.79. The van der Waals surface area contributed by atoms with E-state index in [9.17, 15) is 18.0 Å². The van der Waals surface area contributed by atoms with Crippen molar-refractivity contribution < 1.29 is 13.2 Å². The highest BCUT2D eigenvalue weighted by Crippen LogP contribution is 2.43. The fourth-order valence-corrected chi connectivity index (χ4v) is 5.34. The Hall–Kier alpha value is -3.79. The maximum Gasteiger partial charge on any atom is 0.418 e. The van der Waals surface area contributed by atoms with Crippen molar-refractivity contribution in [2.45, 2.75) is 57.2 Å². The Morgan fingerprint density at radius 2 is 1.82 bits per heavy atom. The van der Waals surface area contributed by atoms with Gasteiger partial charge in [-0.25, -0.2) is 4.98 Å². The number of nitrogens with one attached hydrogen (secondary N) is 2. The van der Waals surface area contributed by atoms with E-state index in [0.29, 0.717) is 28.5 Å². The number of aryl methyl sites for hydroxylation is 1. The van der Waals surface area contributed by atoms with Gasteiger partial charge in [0.2, 0.25) is 5.95 Å². The van der Waals surface area contributed by atoms with E-state index in [4.69, 9.17) is 0 Å². The van der Waals surface area contributed by atoms with E-state index >= 15 is 0 Å². The van der Waals surface area contributed by atoms with Crippen LogP contribution in [0.1, 0.15) is 61.1 Å². The van der Waals surface area contributed by atoms with E-state index in [1.54, 1.807) is 6.92 Å². The number of benzene rings is 1. The van der Waals surface area contributed by atoms with Crippen molar-refractivity contribution in [2.24, 2.45) is 0 Å². The van der Waals surface area contributed by atoms with Crippen LogP contribution in [0.3, 0.4) is 0 Å². The van der Waals surface area contributed by atoms with Crippen LogP contribution in [0.15, 0.2) is 53.6 Å². The van der Waals surface area contributed by atoms with Crippen LogP contribution >= 0.6 is 0 Å². The molecule has 1 saturated carbocycles. The molecule has 2 aliphatic rings. The van der Waals surface area contributed by atoms with E-state index in [-0.39, 0.29) is 23.7 Å². The van der Waals surface area contributed by atoms with Gasteiger partial charge in [0.1, 0.15) is 5.65 Å². The molecule has 39 heavy (non-hydrogen) atoms. The molecule has 4 aromatic rings. The molecule has 7 nitrogen and oxygen atoms in total. The molecule has 6 rings (SSSR count). The van der Waals surface area contributed by atoms with Crippen LogP contribution in [0, 0.1) is 0 Å². The molecule has 3 aromatic heterocycles. The summed E-state index contributed by atoms with van der Waals surface area (Å²) in [6, 6.07) is 10.7. The third-order valence-corrected chi connectivity index (χ3v) is 7.60. The van der Waals surface area contributed by atoms with Crippen LogP contribution in [0.25, 0.3) is 22.3 Å². The number of alkyl halides is 3. The number of rotatable bonds is 6. The smallest absolute Gasteiger partial charge is 0.324 e. The predicted molar refractivity (Wildman–Crippen MR) is 144 cm³/mol. The molecular weight excluding hydrogens is 505 g/mol. The van der Waals surface area contributed by atoms with E-state index in [1.165, 1.54) is 28.6 Å². The van der Waals surface area contributed by atoms with Crippen molar-refractivity contribution in [3.63, 3.8) is 0 Å². The van der Waals surface area contributed by atoms with Gasteiger partial charge >= 0.3 is 6.18 Å². The average molecular weight is 535 g/mol. The van der Waals surface area contributed by atoms with E-state index in [0.717, 1.165) is 50.5 Å². The Morgan fingerprint density at radius 3 is 2.49 bits per heavy atom. The minimum atomic E-state index is -4.64. The number of halogens is 3. The summed E-state index contributed by atoms with van der Waals surface area (Å²) in [5, 5.41) is 7.07. The van der Waals surface area contributed by atoms with Gasteiger partial charge in [0.05, 0.1) is 16.8 Å². The summed E-state index contributed by atoms with van der Waals surface area (Å²) in [5.74, 6) is 0.901. The van der Waals surface area contributed by atoms with Gasteiger partial charge in [-0.2, -0.15) is 18.2 Å². The number of hydrogen-bond donors (Lipinski definition) is 2. The first-order valence-electron chi connectivity index (χ1n) is 13.4. The number of nitrogens with zero attached hydrogens (tertiary/aromatic N) is 4. The summed E-state index contributed by atoms with van der Waals surface area (Å²) in [5.41, 5.74) is 1.04. The Kier molecular flexibility index (Phi) is 6.58. The van der Waals surface area contributed by atoms with Crippen LogP contribution in [0.5, 0.6) is 0 Å². The van der Waals surface area contributed by atoms with Crippen molar-refractivity contribution in [3.05, 3.63) is 75.8 Å². The standard InChI is InChI=1S/C29H29F3N6O/c1-2-38-26-21(12-23(27(38)39)25-24(29(30,31)32)13-20(15-34-25)18-5-6-18)16-35-28(37-26)36-22-9-7-17(8-10-22)19-4-3-11-33-14-19/h7-10,12-13,15-16,18-19,33H,2-6,11,14H2,1H3,(H,35,36,37). The predicted octanol–water partition coefficient (Wildman–Crippen LogP) is 5.98. The molecule has 202 valence electrons. The first-order valence-corrected chi connectivity index (χ1v) is 13.4. The third-order valence-electron chi connectivity index (χ3n) is 7.60. The highest BCUT2D eigenvalue weighted by Gasteiger charge is 2.37. The Bertz CT molecular complexity index is 1570. The number of hydrogen-bond acceptors (Lipinski definition) is 6. The minimum absolute atomic E-state index is 0.108. The zero-order chi connectivity index (χ0) is 27.1. The summed E-state index contributed by atoms with van der Waals surface area (Å²) in [6.07, 6.45) is 2.37. The molecule has 1 atom stereocenters. The van der Waals surface area contributed by atoms with Crippen LogP contribution in [-0.4, -0.2) is 32.6 Å². The van der Waals surface area contributed by atoms with Gasteiger partial charge in [0.25, 0.3) is 5.56 Å². The Morgan fingerprint density at radius 1 is 1.03 bits per heavy atom. The number of piperidine rings is 1. The van der Waals surface area contributed by atoms with Gasteiger partial charge in [-0.3, -0.25) is 14.3 Å². The summed E-state index contributed by atoms with van der Waals surface area (Å²) in [7, 11) is 0. The van der Waals surface area contributed by atoms with Gasteiger partial charge in [0.15, 0.2) is 0 Å². The molecule has 0 bridgehead atoms. The molecular formula is C29H29F3N6O. The second-order valence-electron chi connectivity index (χ2n) is 10.3. The maximum absolute atomic E-state index is 14.0. The largest absolute Gasteiger partial charge is 0.418 e. The number of anilines is 2. The van der Waals surface area contributed by atoms with Crippen LogP contribution in [-0.2, 0) is 12.7 Å². The van der Waals surface area contributed by atoms with E-state index in [1.807, 2.05) is 12.1 Å². The lowest BCUT2D eigenvalue weighted by Crippen LogP contribution is -2.28. The fourth-order valence-electron chi connectivity index (χ4n) is 5.34. The van der Waals surface area contributed by atoms with Crippen LogP contribution in [0.2, 0.25) is 0 Å². The quantitative estimate of drug-likeness (QED) is 0.317. The molecule has 2 fully saturated rings. The van der Waals surface area contributed by atoms with Gasteiger partial charge in [0, 0.05) is 36.6 Å². The summed E-state index contributed by atoms with van der Waals surface area (Å²) >= 11 is 0. The monoisotopic (exact) mass is 534 g/mol. The molecule has 1 unspecified atom stereocenters. The maximum atomic E-state index is 14.0. The van der Waals surface area contributed by atoms with Crippen molar-refractivity contribution >= 4 is 22.7 Å². The molecule has 10 heteroatoms. The van der Waals surface area contributed by atoms with Crippen LogP contribution in [0.4, 0.5) is 24.8 Å². The molecule has 0 amide bonds. The number of aromatic nitrogens is 4. The van der Waals surface area contributed by atoms with Gasteiger partial charge in [-0.05, 0) is 86.4 Å². The lowest BCUT2D eigenvalue weighted by Gasteiger charge is -2.23. The molecule has 1 aliphatic heterocycles. The zero-order valence-corrected chi connectivity index (χ0v) is 21.6. The van der Waals surface area contributed by atoms with Gasteiger partial charge in [-0.15, -0.1) is 0 Å². The molecule has 0 radical (unpaired) electrons. The SMILES string of the molecule is CCn1c(=O)c(-c2ncc(C3CC3)cc2C(F)(F)F)cc2cnc(Nc3ccc(C4CCCNC4)cc3)nc21. The highest BCUT2D eigenvalue weighted by molar-refractivity contribution is 5.82. The third kappa shape index (κ3) is 5.13. The van der Waals surface area contributed by atoms with Crippen molar-refractivity contribution in [3.8, 4) is 11.3 Å². The normalized spacial score (nSPS) is 17.9. The second kappa shape index (κ2) is 10.1. The lowest BCUT2D eigenvalue weighted by molar-refractivity contribution is -0.137. The molecule has 1 aliphatic carbocycles. The first kappa shape index (κ1) is 25.5. The molecule has 2 N–H and O–H groups in total. The molecule has 4 heterocycles. The van der Waals surface area contributed by atoms with E-state index in [2.05, 4.69) is 37.7 Å². The van der Waals surface area contributed by atoms with Crippen molar-refractivity contribution in [1.82, 2.24) is 24.8 Å². The summed E-state index contributed by atoms with van der Waals surface area (Å²) in [4.78, 5) is 26.5. The highest BCUT2D eigenvalue weighted by atomic mass is 19.4. The molecule has 1 aromatic carbocycles. The van der Waals surface area contributed by atoms with Crippen LogP contribution < -0.4 is 16.2 Å². The van der Waals surface area contributed by atoms with Crippen molar-refractivity contribution in [1.29, 1.82) is 0 Å². The van der Waals surface area contributed by atoms with Crippen molar-refractivity contribution in [2.75, 3.05) is 18.4 Å². The number of pyridine rings is 2. The molecule has 0 spiro atoms. The van der Waals surface area contributed by atoms with E-state index < -0.39 is 17.3 Å². The Balaban J connectivity index is 1.34. The number of fused-ring (bicyclic) bond motifs is 1. The lowest BCUT2D eigenvalue weighted by atomic mass is 9.92. The first-order chi connectivity index (χ1) is 18.8. The zero-order valence-electron chi connectivity index (χ0n) is 21.6. The fraction of sp³-hybridized carbons (Fsp3) is 0.379. The molecule has 1 saturated heterocycles. The van der Waals surface area contributed by atoms with Gasteiger partial charge < -0.3 is 10.6 Å². The second-order valence-corrected chi connectivity index (χ2v) is 10.3. The van der Waals surface area contributed by atoms with Gasteiger partial charge in [-0.1, -0.05) is 12.1 Å². The topological polar surface area (TPSA) is 84.7 Å². The minimum Gasteiger partial charge on any atom is -0.324 e. The summed E-state index contributed by atoms with van der Waals surface area (Å²) < 4.78 is 43.5. The summed E-state index contributed by atoms with van der Waals surface area (Å²) in [6.45, 7) is 4.02.